The van der Waals surface area contributed by atoms with E-state index in [0.29, 0.717) is 5.41 Å². The third-order valence-corrected chi connectivity index (χ3v) is 3.69. The molecule has 106 valence electrons. The maximum Gasteiger partial charge on any atom is 0.0602 e. The lowest BCUT2D eigenvalue weighted by atomic mass is 9.93. The van der Waals surface area contributed by atoms with Crippen LogP contribution >= 0.6 is 0 Å². The maximum atomic E-state index is 3.62. The van der Waals surface area contributed by atoms with E-state index in [9.17, 15) is 0 Å². The number of hydrogen-bond donors (Lipinski definition) is 1. The van der Waals surface area contributed by atoms with E-state index in [-0.39, 0.29) is 0 Å². The van der Waals surface area contributed by atoms with E-state index >= 15 is 0 Å². The summed E-state index contributed by atoms with van der Waals surface area (Å²) in [6.45, 7) is 11.1. The average Bonchev–Trinajstić information content (AvgIpc) is 2.44. The Hall–Kier alpha value is -1.22. The molecule has 0 atom stereocenters. The summed E-state index contributed by atoms with van der Waals surface area (Å²) in [7, 11) is 4.27. The summed E-state index contributed by atoms with van der Waals surface area (Å²) in [6.07, 6.45) is 0. The normalized spacial score (nSPS) is 17.9. The molecule has 0 bridgehead atoms. The maximum absolute atomic E-state index is 3.62. The molecule has 0 saturated carbocycles. The molecule has 1 aliphatic rings. The van der Waals surface area contributed by atoms with Crippen LogP contribution < -0.4 is 10.2 Å². The zero-order valence-electron chi connectivity index (χ0n) is 13.0. The lowest BCUT2D eigenvalue weighted by molar-refractivity contribution is 0.371. The first-order valence-corrected chi connectivity index (χ1v) is 7.12. The van der Waals surface area contributed by atoms with Gasteiger partial charge in [-0.05, 0) is 44.1 Å². The Kier molecular flexibility index (Phi) is 4.04. The molecule has 0 spiro atoms. The number of rotatable bonds is 3. The molecule has 0 saturated heterocycles. The quantitative estimate of drug-likeness (QED) is 0.902. The third-order valence-electron chi connectivity index (χ3n) is 3.69. The summed E-state index contributed by atoms with van der Waals surface area (Å²) in [5.41, 5.74) is 4.24. The van der Waals surface area contributed by atoms with E-state index in [0.717, 1.165) is 26.2 Å². The molecule has 0 fully saturated rings. The summed E-state index contributed by atoms with van der Waals surface area (Å²) in [4.78, 5) is 4.77. The van der Waals surface area contributed by atoms with Crippen molar-refractivity contribution in [2.45, 2.75) is 20.8 Å². The highest BCUT2D eigenvalue weighted by atomic mass is 15.2. The number of nitrogens with zero attached hydrogens (tertiary/aromatic N) is 2. The molecule has 1 aromatic rings. The number of nitrogens with one attached hydrogen (secondary N) is 1. The fourth-order valence-corrected chi connectivity index (χ4v) is 2.58. The van der Waals surface area contributed by atoms with E-state index in [1.165, 1.54) is 16.9 Å². The van der Waals surface area contributed by atoms with E-state index < -0.39 is 0 Å². The van der Waals surface area contributed by atoms with Crippen molar-refractivity contribution >= 4 is 11.4 Å². The molecular formula is C16H27N3. The van der Waals surface area contributed by atoms with E-state index in [4.69, 9.17) is 0 Å². The Morgan fingerprint density at radius 3 is 2.74 bits per heavy atom. The van der Waals surface area contributed by atoms with Crippen LogP contribution in [0.5, 0.6) is 0 Å². The van der Waals surface area contributed by atoms with Gasteiger partial charge in [0, 0.05) is 26.2 Å². The molecule has 0 unspecified atom stereocenters. The lowest BCUT2D eigenvalue weighted by Crippen LogP contribution is -2.39. The fourth-order valence-electron chi connectivity index (χ4n) is 2.58. The molecule has 1 aliphatic heterocycles. The minimum atomic E-state index is 0.291. The first kappa shape index (κ1) is 14.2. The zero-order chi connectivity index (χ0) is 14.0. The molecule has 1 N–H and O–H groups in total. The van der Waals surface area contributed by atoms with Crippen molar-refractivity contribution in [2.24, 2.45) is 5.41 Å². The van der Waals surface area contributed by atoms with Crippen LogP contribution in [0.4, 0.5) is 11.4 Å². The van der Waals surface area contributed by atoms with Crippen LogP contribution in [0.25, 0.3) is 0 Å². The standard InChI is InChI=1S/C16H27N3/c1-13-6-7-15-14(10-13)17-11-16(2,3)12-19(15)9-8-18(4)5/h6-7,10,17H,8-9,11-12H2,1-5H3. The highest BCUT2D eigenvalue weighted by Crippen LogP contribution is 2.33. The van der Waals surface area contributed by atoms with Gasteiger partial charge in [0.15, 0.2) is 0 Å². The van der Waals surface area contributed by atoms with Gasteiger partial charge in [-0.1, -0.05) is 19.9 Å². The topological polar surface area (TPSA) is 18.5 Å². The number of likely N-dealkylation sites (N-methyl/N-ethyl adjacent to an activating group) is 1. The molecule has 3 nitrogen and oxygen atoms in total. The number of benzene rings is 1. The zero-order valence-corrected chi connectivity index (χ0v) is 13.0. The monoisotopic (exact) mass is 261 g/mol. The average molecular weight is 261 g/mol. The van der Waals surface area contributed by atoms with E-state index in [1.54, 1.807) is 0 Å². The van der Waals surface area contributed by atoms with Gasteiger partial charge in [0.1, 0.15) is 0 Å². The van der Waals surface area contributed by atoms with Crippen LogP contribution in [-0.2, 0) is 0 Å². The van der Waals surface area contributed by atoms with Crippen molar-refractivity contribution in [3.63, 3.8) is 0 Å². The summed E-state index contributed by atoms with van der Waals surface area (Å²) in [5, 5.41) is 3.62. The van der Waals surface area contributed by atoms with Crippen LogP contribution in [0.2, 0.25) is 0 Å². The second kappa shape index (κ2) is 5.41. The van der Waals surface area contributed by atoms with Crippen molar-refractivity contribution in [1.82, 2.24) is 4.90 Å². The largest absolute Gasteiger partial charge is 0.383 e. The van der Waals surface area contributed by atoms with Gasteiger partial charge in [-0.15, -0.1) is 0 Å². The second-order valence-electron chi connectivity index (χ2n) is 6.76. The summed E-state index contributed by atoms with van der Waals surface area (Å²) >= 11 is 0. The molecule has 19 heavy (non-hydrogen) atoms. The van der Waals surface area contributed by atoms with Crippen molar-refractivity contribution in [3.8, 4) is 0 Å². The SMILES string of the molecule is Cc1ccc2c(c1)NCC(C)(C)CN2CCN(C)C. The minimum Gasteiger partial charge on any atom is -0.383 e. The van der Waals surface area contributed by atoms with Crippen molar-refractivity contribution in [3.05, 3.63) is 23.8 Å². The molecule has 0 aliphatic carbocycles. The fraction of sp³-hybridized carbons (Fsp3) is 0.625. The Labute approximate surface area is 117 Å². The van der Waals surface area contributed by atoms with Gasteiger partial charge < -0.3 is 15.1 Å². The van der Waals surface area contributed by atoms with Gasteiger partial charge >= 0.3 is 0 Å². The van der Waals surface area contributed by atoms with Crippen LogP contribution in [0, 0.1) is 12.3 Å². The van der Waals surface area contributed by atoms with Crippen molar-refractivity contribution in [2.75, 3.05) is 50.5 Å². The van der Waals surface area contributed by atoms with Crippen LogP contribution in [0.1, 0.15) is 19.4 Å². The lowest BCUT2D eigenvalue weighted by Gasteiger charge is -2.32. The smallest absolute Gasteiger partial charge is 0.0602 e. The predicted molar refractivity (Wildman–Crippen MR) is 84.2 cm³/mol. The molecule has 0 radical (unpaired) electrons. The molecular weight excluding hydrogens is 234 g/mol. The Bertz CT molecular complexity index is 438. The van der Waals surface area contributed by atoms with Gasteiger partial charge in [0.05, 0.1) is 11.4 Å². The Morgan fingerprint density at radius 2 is 2.05 bits per heavy atom. The minimum absolute atomic E-state index is 0.291. The van der Waals surface area contributed by atoms with Crippen LogP contribution in [0.3, 0.4) is 0 Å². The first-order valence-electron chi connectivity index (χ1n) is 7.12. The predicted octanol–water partition coefficient (Wildman–Crippen LogP) is 2.81. The third kappa shape index (κ3) is 3.63. The van der Waals surface area contributed by atoms with Gasteiger partial charge in [-0.2, -0.15) is 0 Å². The molecule has 2 rings (SSSR count). The molecule has 3 heteroatoms. The van der Waals surface area contributed by atoms with Crippen molar-refractivity contribution in [1.29, 1.82) is 0 Å². The molecule has 0 amide bonds. The van der Waals surface area contributed by atoms with Gasteiger partial charge in [0.25, 0.3) is 0 Å². The Morgan fingerprint density at radius 1 is 1.32 bits per heavy atom. The summed E-state index contributed by atoms with van der Waals surface area (Å²) in [5.74, 6) is 0. The van der Waals surface area contributed by atoms with Crippen LogP contribution in [0.15, 0.2) is 18.2 Å². The molecule has 1 heterocycles. The highest BCUT2D eigenvalue weighted by Gasteiger charge is 2.27. The van der Waals surface area contributed by atoms with E-state index in [1.807, 2.05) is 0 Å². The first-order chi connectivity index (χ1) is 8.87. The second-order valence-corrected chi connectivity index (χ2v) is 6.76. The molecule has 0 aromatic heterocycles. The van der Waals surface area contributed by atoms with E-state index in [2.05, 4.69) is 68.2 Å². The van der Waals surface area contributed by atoms with Gasteiger partial charge in [-0.3, -0.25) is 0 Å². The van der Waals surface area contributed by atoms with Crippen molar-refractivity contribution < 1.29 is 0 Å². The highest BCUT2D eigenvalue weighted by molar-refractivity contribution is 5.72. The Balaban J connectivity index is 2.27. The number of aryl methyl sites for hydroxylation is 1. The summed E-state index contributed by atoms with van der Waals surface area (Å²) in [6, 6.07) is 6.73. The van der Waals surface area contributed by atoms with Crippen LogP contribution in [-0.4, -0.2) is 45.2 Å². The number of fused-ring (bicyclic) bond motifs is 1. The van der Waals surface area contributed by atoms with Gasteiger partial charge in [-0.25, -0.2) is 0 Å². The number of anilines is 2. The summed E-state index contributed by atoms with van der Waals surface area (Å²) < 4.78 is 0. The van der Waals surface area contributed by atoms with Gasteiger partial charge in [0.2, 0.25) is 0 Å². The number of hydrogen-bond acceptors (Lipinski definition) is 3. The molecule has 1 aromatic carbocycles.